The summed E-state index contributed by atoms with van der Waals surface area (Å²) in [4.78, 5) is 14.4. The molecule has 0 aliphatic carbocycles. The van der Waals surface area contributed by atoms with Crippen molar-refractivity contribution >= 4 is 23.2 Å². The highest BCUT2D eigenvalue weighted by atomic mass is 35.5. The average Bonchev–Trinajstić information content (AvgIpc) is 3.15. The zero-order valence-electron chi connectivity index (χ0n) is 17.5. The molecule has 3 aromatic rings. The molecule has 1 amide bonds. The highest BCUT2D eigenvalue weighted by Gasteiger charge is 2.34. The van der Waals surface area contributed by atoms with Gasteiger partial charge in [0.2, 0.25) is 5.91 Å². The number of ether oxygens (including phenoxy) is 1. The van der Waals surface area contributed by atoms with E-state index < -0.39 is 11.7 Å². The molecule has 1 unspecified atom stereocenters. The molecule has 1 aliphatic heterocycles. The summed E-state index contributed by atoms with van der Waals surface area (Å²) in [5.74, 6) is -0.346. The van der Waals surface area contributed by atoms with E-state index in [2.05, 4.69) is 0 Å². The number of halogens is 4. The van der Waals surface area contributed by atoms with Crippen LogP contribution < -0.4 is 9.64 Å². The molecule has 1 fully saturated rings. The lowest BCUT2D eigenvalue weighted by atomic mass is 9.97. The Bertz CT molecular complexity index is 1250. The molecule has 168 valence electrons. The van der Waals surface area contributed by atoms with Gasteiger partial charge in [0.25, 0.3) is 0 Å². The van der Waals surface area contributed by atoms with Gasteiger partial charge in [-0.3, -0.25) is 4.79 Å². The highest BCUT2D eigenvalue weighted by molar-refractivity contribution is 6.30. The molecule has 33 heavy (non-hydrogen) atoms. The second-order valence-corrected chi connectivity index (χ2v) is 8.28. The molecule has 0 bridgehead atoms. The maximum atomic E-state index is 13.2. The van der Waals surface area contributed by atoms with Crippen molar-refractivity contribution in [1.82, 2.24) is 0 Å². The minimum absolute atomic E-state index is 0.0438. The van der Waals surface area contributed by atoms with Crippen molar-refractivity contribution in [1.29, 1.82) is 5.26 Å². The molecule has 8 heteroatoms. The number of hydrogen-bond donors (Lipinski definition) is 0. The first kappa shape index (κ1) is 22.7. The SMILES string of the molecule is Cc1ccc(N2CC(c3ccc(Cl)cc3Oc3cc(C(F)(F)F)ccc3C#N)CC2=O)cc1. The number of anilines is 1. The van der Waals surface area contributed by atoms with E-state index in [9.17, 15) is 23.2 Å². The fourth-order valence-corrected chi connectivity index (χ4v) is 3.98. The van der Waals surface area contributed by atoms with Crippen LogP contribution in [0.15, 0.2) is 60.7 Å². The molecule has 1 heterocycles. The molecular weight excluding hydrogens is 453 g/mol. The summed E-state index contributed by atoms with van der Waals surface area (Å²) in [5, 5.41) is 9.67. The van der Waals surface area contributed by atoms with E-state index in [1.807, 2.05) is 37.3 Å². The van der Waals surface area contributed by atoms with Gasteiger partial charge in [-0.1, -0.05) is 35.4 Å². The molecule has 0 N–H and O–H groups in total. The second kappa shape index (κ2) is 8.80. The summed E-state index contributed by atoms with van der Waals surface area (Å²) in [5.41, 5.74) is 1.50. The van der Waals surface area contributed by atoms with Crippen molar-refractivity contribution < 1.29 is 22.7 Å². The number of benzene rings is 3. The monoisotopic (exact) mass is 470 g/mol. The van der Waals surface area contributed by atoms with E-state index in [1.54, 1.807) is 17.0 Å². The average molecular weight is 471 g/mol. The van der Waals surface area contributed by atoms with Crippen LogP contribution in [-0.2, 0) is 11.0 Å². The van der Waals surface area contributed by atoms with E-state index in [1.165, 1.54) is 6.07 Å². The van der Waals surface area contributed by atoms with Crippen LogP contribution in [0.25, 0.3) is 0 Å². The number of nitrogens with zero attached hydrogens (tertiary/aromatic N) is 2. The normalized spacial score (nSPS) is 16.1. The fraction of sp³-hybridized carbons (Fsp3) is 0.200. The third kappa shape index (κ3) is 4.81. The minimum Gasteiger partial charge on any atom is -0.456 e. The van der Waals surface area contributed by atoms with Gasteiger partial charge in [-0.05, 0) is 49.4 Å². The highest BCUT2D eigenvalue weighted by Crippen LogP contribution is 2.41. The van der Waals surface area contributed by atoms with Crippen LogP contribution in [0.1, 0.15) is 34.6 Å². The number of carbonyl (C=O) groups excluding carboxylic acids is 1. The first-order chi connectivity index (χ1) is 15.7. The van der Waals surface area contributed by atoms with E-state index in [4.69, 9.17) is 16.3 Å². The van der Waals surface area contributed by atoms with Gasteiger partial charge in [-0.2, -0.15) is 18.4 Å². The summed E-state index contributed by atoms with van der Waals surface area (Å²) in [6.07, 6.45) is -4.38. The molecule has 0 aromatic heterocycles. The van der Waals surface area contributed by atoms with Gasteiger partial charge in [-0.15, -0.1) is 0 Å². The van der Waals surface area contributed by atoms with Gasteiger partial charge < -0.3 is 9.64 Å². The van der Waals surface area contributed by atoms with Crippen molar-refractivity contribution in [2.75, 3.05) is 11.4 Å². The van der Waals surface area contributed by atoms with Gasteiger partial charge in [0.1, 0.15) is 17.6 Å². The van der Waals surface area contributed by atoms with Crippen LogP contribution in [0.5, 0.6) is 11.5 Å². The van der Waals surface area contributed by atoms with Crippen LogP contribution >= 0.6 is 11.6 Å². The van der Waals surface area contributed by atoms with Gasteiger partial charge in [0, 0.05) is 35.2 Å². The maximum absolute atomic E-state index is 13.2. The zero-order chi connectivity index (χ0) is 23.8. The van der Waals surface area contributed by atoms with Crippen molar-refractivity contribution in [3.8, 4) is 17.6 Å². The predicted octanol–water partition coefficient (Wildman–Crippen LogP) is 6.85. The van der Waals surface area contributed by atoms with Crippen molar-refractivity contribution in [3.63, 3.8) is 0 Å². The van der Waals surface area contributed by atoms with Gasteiger partial charge in [0.05, 0.1) is 11.1 Å². The first-order valence-corrected chi connectivity index (χ1v) is 10.5. The van der Waals surface area contributed by atoms with E-state index in [0.29, 0.717) is 17.1 Å². The number of amides is 1. The van der Waals surface area contributed by atoms with E-state index in [-0.39, 0.29) is 35.3 Å². The van der Waals surface area contributed by atoms with Gasteiger partial charge in [-0.25, -0.2) is 0 Å². The Labute approximate surface area is 193 Å². The number of hydrogen-bond acceptors (Lipinski definition) is 3. The Morgan fingerprint density at radius 2 is 1.79 bits per heavy atom. The van der Waals surface area contributed by atoms with E-state index in [0.717, 1.165) is 29.4 Å². The summed E-state index contributed by atoms with van der Waals surface area (Å²) in [6, 6.07) is 17.0. The van der Waals surface area contributed by atoms with Crippen LogP contribution in [0.4, 0.5) is 18.9 Å². The largest absolute Gasteiger partial charge is 0.456 e. The van der Waals surface area contributed by atoms with Crippen molar-refractivity contribution in [2.45, 2.75) is 25.4 Å². The minimum atomic E-state index is -4.59. The van der Waals surface area contributed by atoms with Crippen LogP contribution in [-0.4, -0.2) is 12.5 Å². The van der Waals surface area contributed by atoms with E-state index >= 15 is 0 Å². The molecular formula is C25H18ClF3N2O2. The Kier molecular flexibility index (Phi) is 6.05. The molecule has 1 aliphatic rings. The lowest BCUT2D eigenvalue weighted by Gasteiger charge is -2.19. The fourth-order valence-electron chi connectivity index (χ4n) is 3.82. The lowest BCUT2D eigenvalue weighted by Crippen LogP contribution is -2.24. The quantitative estimate of drug-likeness (QED) is 0.419. The number of alkyl halides is 3. The topological polar surface area (TPSA) is 53.3 Å². The summed E-state index contributed by atoms with van der Waals surface area (Å²) >= 11 is 6.13. The number of nitriles is 1. The lowest BCUT2D eigenvalue weighted by molar-refractivity contribution is -0.137. The number of carbonyl (C=O) groups is 1. The third-order valence-corrected chi connectivity index (χ3v) is 5.77. The molecule has 1 saturated heterocycles. The van der Waals surface area contributed by atoms with Gasteiger partial charge in [0.15, 0.2) is 0 Å². The molecule has 0 spiro atoms. The number of rotatable bonds is 4. The summed E-state index contributed by atoms with van der Waals surface area (Å²) in [7, 11) is 0. The standard InChI is InChI=1S/C25H18ClF3N2O2/c1-15-2-7-20(8-3-15)31-14-17(10-24(31)32)21-9-6-19(26)12-23(21)33-22-11-18(25(27,28)29)5-4-16(22)13-30/h2-9,11-12,17H,10,14H2,1H3. The Balaban J connectivity index is 1.68. The Hall–Kier alpha value is -3.50. The van der Waals surface area contributed by atoms with Crippen LogP contribution in [0.2, 0.25) is 5.02 Å². The molecule has 0 radical (unpaired) electrons. The van der Waals surface area contributed by atoms with Crippen LogP contribution in [0.3, 0.4) is 0 Å². The van der Waals surface area contributed by atoms with Crippen molar-refractivity contribution in [2.24, 2.45) is 0 Å². The Morgan fingerprint density at radius 1 is 1.06 bits per heavy atom. The summed E-state index contributed by atoms with van der Waals surface area (Å²) < 4.78 is 45.4. The van der Waals surface area contributed by atoms with Crippen molar-refractivity contribution in [3.05, 3.63) is 87.9 Å². The summed E-state index contributed by atoms with van der Waals surface area (Å²) in [6.45, 7) is 2.34. The zero-order valence-corrected chi connectivity index (χ0v) is 18.2. The first-order valence-electron chi connectivity index (χ1n) is 10.1. The second-order valence-electron chi connectivity index (χ2n) is 7.85. The smallest absolute Gasteiger partial charge is 0.416 e. The molecule has 3 aromatic carbocycles. The van der Waals surface area contributed by atoms with Crippen LogP contribution in [0, 0.1) is 18.3 Å². The maximum Gasteiger partial charge on any atom is 0.416 e. The predicted molar refractivity (Wildman–Crippen MR) is 119 cm³/mol. The van der Waals surface area contributed by atoms with Gasteiger partial charge >= 0.3 is 6.18 Å². The molecule has 4 rings (SSSR count). The third-order valence-electron chi connectivity index (χ3n) is 5.54. The molecule has 4 nitrogen and oxygen atoms in total. The Morgan fingerprint density at radius 3 is 2.45 bits per heavy atom. The molecule has 0 saturated carbocycles. The number of aryl methyl sites for hydroxylation is 1. The molecule has 1 atom stereocenters.